The summed E-state index contributed by atoms with van der Waals surface area (Å²) < 4.78 is 14.7. The van der Waals surface area contributed by atoms with Gasteiger partial charge in [0.25, 0.3) is 0 Å². The van der Waals surface area contributed by atoms with Crippen LogP contribution in [0.2, 0.25) is 0 Å². The average Bonchev–Trinajstić information content (AvgIpc) is 3.22. The van der Waals surface area contributed by atoms with Crippen LogP contribution in [0.25, 0.3) is 10.6 Å². The number of nitrogens with zero attached hydrogens (tertiary/aromatic N) is 4. The van der Waals surface area contributed by atoms with Gasteiger partial charge in [0.2, 0.25) is 5.91 Å². The van der Waals surface area contributed by atoms with E-state index in [-0.39, 0.29) is 18.1 Å². The van der Waals surface area contributed by atoms with Crippen molar-refractivity contribution < 1.29 is 9.18 Å². The highest BCUT2D eigenvalue weighted by Crippen LogP contribution is 2.24. The smallest absolute Gasteiger partial charge is 0.246 e. The minimum absolute atomic E-state index is 0.0895. The number of aromatic nitrogens is 2. The van der Waals surface area contributed by atoms with Crippen LogP contribution in [0.4, 0.5) is 4.39 Å². The van der Waals surface area contributed by atoms with Crippen molar-refractivity contribution in [2.45, 2.75) is 13.3 Å². The van der Waals surface area contributed by atoms with Crippen LogP contribution in [0, 0.1) is 24.1 Å². The Kier molecular flexibility index (Phi) is 5.43. The normalized spacial score (nSPS) is 10.9. The van der Waals surface area contributed by atoms with Gasteiger partial charge >= 0.3 is 0 Å². The van der Waals surface area contributed by atoms with E-state index in [9.17, 15) is 9.18 Å². The van der Waals surface area contributed by atoms with Gasteiger partial charge in [-0.2, -0.15) is 10.4 Å². The van der Waals surface area contributed by atoms with E-state index in [1.54, 1.807) is 35.2 Å². The zero-order chi connectivity index (χ0) is 19.4. The molecule has 0 atom stereocenters. The number of halogens is 1. The summed E-state index contributed by atoms with van der Waals surface area (Å²) in [5, 5.41) is 15.5. The Morgan fingerprint density at radius 1 is 1.44 bits per heavy atom. The predicted octanol–water partition coefficient (Wildman–Crippen LogP) is 3.16. The number of nitriles is 1. The summed E-state index contributed by atoms with van der Waals surface area (Å²) in [4.78, 5) is 16.4. The topological polar surface area (TPSA) is 83.1 Å². The summed E-state index contributed by atoms with van der Waals surface area (Å²) in [7, 11) is 1.80. The molecule has 1 aromatic carbocycles. The van der Waals surface area contributed by atoms with Crippen molar-refractivity contribution in [1.82, 2.24) is 15.0 Å². The van der Waals surface area contributed by atoms with Crippen molar-refractivity contribution in [3.63, 3.8) is 0 Å². The molecule has 136 valence electrons. The summed E-state index contributed by atoms with van der Waals surface area (Å²) in [6.07, 6.45) is 1.60. The molecule has 27 heavy (non-hydrogen) atoms. The Labute approximate surface area is 159 Å². The van der Waals surface area contributed by atoms with E-state index in [1.165, 1.54) is 29.7 Å². The summed E-state index contributed by atoms with van der Waals surface area (Å²) in [6, 6.07) is 9.86. The largest absolute Gasteiger partial charge is 0.339 e. The van der Waals surface area contributed by atoms with E-state index in [0.717, 1.165) is 21.8 Å². The number of benzene rings is 1. The second-order valence-electron chi connectivity index (χ2n) is 5.86. The zero-order valence-electron chi connectivity index (χ0n) is 14.7. The van der Waals surface area contributed by atoms with Crippen molar-refractivity contribution in [3.05, 3.63) is 64.2 Å². The average molecular weight is 381 g/mol. The molecule has 1 amide bonds. The predicted molar refractivity (Wildman–Crippen MR) is 102 cm³/mol. The zero-order valence-corrected chi connectivity index (χ0v) is 15.5. The first-order valence-electron chi connectivity index (χ1n) is 8.06. The van der Waals surface area contributed by atoms with Crippen LogP contribution in [0.5, 0.6) is 0 Å². The lowest BCUT2D eigenvalue weighted by atomic mass is 10.2. The Hall–Kier alpha value is -3.31. The molecule has 1 N–H and O–H groups in total. The van der Waals surface area contributed by atoms with Crippen LogP contribution in [0.3, 0.4) is 0 Å². The van der Waals surface area contributed by atoms with Gasteiger partial charge in [0.1, 0.15) is 22.6 Å². The molecular formula is C19H16FN5OS. The SMILES string of the molecule is Cc1c(/C=N\NC(=O)Cc2csc(-c3ccc(F)cc3)n2)cc(C#N)n1C. The first kappa shape index (κ1) is 18.5. The molecule has 2 heterocycles. The number of carbonyl (C=O) groups excluding carboxylic acids is 1. The van der Waals surface area contributed by atoms with Crippen molar-refractivity contribution in [2.75, 3.05) is 0 Å². The number of rotatable bonds is 5. The van der Waals surface area contributed by atoms with Crippen LogP contribution < -0.4 is 5.43 Å². The monoisotopic (exact) mass is 381 g/mol. The van der Waals surface area contributed by atoms with Crippen molar-refractivity contribution in [1.29, 1.82) is 5.26 Å². The molecule has 6 nitrogen and oxygen atoms in total. The number of nitrogens with one attached hydrogen (secondary N) is 1. The standard InChI is InChI=1S/C19H16FN5OS/c1-12-14(7-17(9-21)25(12)2)10-22-24-18(26)8-16-11-27-19(23-16)13-3-5-15(20)6-4-13/h3-7,10-11H,8H2,1-2H3,(H,24,26)/b22-10-. The fourth-order valence-electron chi connectivity index (χ4n) is 2.45. The lowest BCUT2D eigenvalue weighted by Gasteiger charge is -1.99. The van der Waals surface area contributed by atoms with Gasteiger partial charge in [-0.3, -0.25) is 4.79 Å². The van der Waals surface area contributed by atoms with Gasteiger partial charge in [-0.05, 0) is 37.3 Å². The lowest BCUT2D eigenvalue weighted by molar-refractivity contribution is -0.120. The van der Waals surface area contributed by atoms with Gasteiger partial charge in [-0.15, -0.1) is 11.3 Å². The highest BCUT2D eigenvalue weighted by Gasteiger charge is 2.10. The summed E-state index contributed by atoms with van der Waals surface area (Å²) in [5.74, 6) is -0.598. The highest BCUT2D eigenvalue weighted by molar-refractivity contribution is 7.13. The maximum Gasteiger partial charge on any atom is 0.246 e. The molecule has 3 aromatic rings. The number of carbonyl (C=O) groups is 1. The van der Waals surface area contributed by atoms with Gasteiger partial charge in [-0.25, -0.2) is 14.8 Å². The Morgan fingerprint density at radius 2 is 2.19 bits per heavy atom. The molecule has 0 saturated heterocycles. The molecular weight excluding hydrogens is 365 g/mol. The minimum atomic E-state index is -0.302. The van der Waals surface area contributed by atoms with Gasteiger partial charge in [0.05, 0.1) is 18.3 Å². The molecule has 2 aromatic heterocycles. The molecule has 0 aliphatic rings. The summed E-state index contributed by atoms with van der Waals surface area (Å²) in [5.41, 5.74) is 6.06. The Bertz CT molecular complexity index is 1040. The van der Waals surface area contributed by atoms with E-state index in [2.05, 4.69) is 21.6 Å². The third-order valence-corrected chi connectivity index (χ3v) is 5.01. The molecule has 0 unspecified atom stereocenters. The van der Waals surface area contributed by atoms with Crippen LogP contribution in [0.15, 0.2) is 40.8 Å². The molecule has 0 radical (unpaired) electrons. The number of hydrogen-bond donors (Lipinski definition) is 1. The van der Waals surface area contributed by atoms with Gasteiger partial charge in [0, 0.05) is 29.2 Å². The molecule has 0 spiro atoms. The summed E-state index contributed by atoms with van der Waals surface area (Å²) in [6.45, 7) is 1.87. The van der Waals surface area contributed by atoms with E-state index >= 15 is 0 Å². The van der Waals surface area contributed by atoms with Crippen LogP contribution in [-0.2, 0) is 18.3 Å². The number of hydrazone groups is 1. The van der Waals surface area contributed by atoms with Crippen molar-refractivity contribution >= 4 is 23.5 Å². The maximum absolute atomic E-state index is 13.0. The second-order valence-corrected chi connectivity index (χ2v) is 6.72. The molecule has 0 fully saturated rings. The van der Waals surface area contributed by atoms with E-state index < -0.39 is 0 Å². The van der Waals surface area contributed by atoms with Gasteiger partial charge < -0.3 is 4.57 Å². The number of amides is 1. The first-order chi connectivity index (χ1) is 13.0. The van der Waals surface area contributed by atoms with E-state index in [0.29, 0.717) is 11.4 Å². The quantitative estimate of drug-likeness (QED) is 0.544. The van der Waals surface area contributed by atoms with Gasteiger partial charge in [0.15, 0.2) is 0 Å². The fraction of sp³-hybridized carbons (Fsp3) is 0.158. The Morgan fingerprint density at radius 3 is 2.85 bits per heavy atom. The maximum atomic E-state index is 13.0. The third kappa shape index (κ3) is 4.27. The third-order valence-electron chi connectivity index (χ3n) is 4.07. The molecule has 3 rings (SSSR count). The summed E-state index contributed by atoms with van der Waals surface area (Å²) >= 11 is 1.39. The lowest BCUT2D eigenvalue weighted by Crippen LogP contribution is -2.20. The van der Waals surface area contributed by atoms with Crippen molar-refractivity contribution in [2.24, 2.45) is 12.1 Å². The highest BCUT2D eigenvalue weighted by atomic mass is 32.1. The molecule has 0 aliphatic heterocycles. The molecule has 8 heteroatoms. The van der Waals surface area contributed by atoms with E-state index in [4.69, 9.17) is 5.26 Å². The first-order valence-corrected chi connectivity index (χ1v) is 8.94. The second kappa shape index (κ2) is 7.93. The van der Waals surface area contributed by atoms with E-state index in [1.807, 2.05) is 6.92 Å². The molecule has 0 saturated carbocycles. The number of hydrogen-bond acceptors (Lipinski definition) is 5. The molecule has 0 aliphatic carbocycles. The van der Waals surface area contributed by atoms with Crippen LogP contribution in [-0.4, -0.2) is 21.7 Å². The van der Waals surface area contributed by atoms with Crippen LogP contribution in [0.1, 0.15) is 22.6 Å². The van der Waals surface area contributed by atoms with Crippen molar-refractivity contribution in [3.8, 4) is 16.6 Å². The molecule has 0 bridgehead atoms. The fourth-order valence-corrected chi connectivity index (χ4v) is 3.28. The Balaban J connectivity index is 1.60. The van der Waals surface area contributed by atoms with Crippen LogP contribution >= 0.6 is 11.3 Å². The number of thiazole rings is 1. The van der Waals surface area contributed by atoms with Gasteiger partial charge in [-0.1, -0.05) is 0 Å². The minimum Gasteiger partial charge on any atom is -0.339 e.